The molecule has 0 heterocycles. The molecule has 0 spiro atoms. The number of carbonyl (C=O) groups is 1. The van der Waals surface area contributed by atoms with Gasteiger partial charge in [0, 0.05) is 13.1 Å². The molecular weight excluding hydrogens is 266 g/mol. The van der Waals surface area contributed by atoms with Gasteiger partial charge in [-0.05, 0) is 26.0 Å². The maximum absolute atomic E-state index is 12.1. The molecule has 19 heavy (non-hydrogen) atoms. The summed E-state index contributed by atoms with van der Waals surface area (Å²) < 4.78 is 26.8. The average molecular weight is 285 g/mol. The van der Waals surface area contributed by atoms with Gasteiger partial charge in [-0.3, -0.25) is 4.79 Å². The highest BCUT2D eigenvalue weighted by Gasteiger charge is 2.19. The number of nitrogens with one attached hydrogen (secondary N) is 3. The Hall–Kier alpha value is -1.60. The van der Waals surface area contributed by atoms with Crippen LogP contribution in [0.25, 0.3) is 0 Å². The molecule has 1 aromatic rings. The molecule has 0 aliphatic carbocycles. The SMILES string of the molecule is CNC(=O)CNc1ccccc1S(=O)(=O)NC(C)C. The van der Waals surface area contributed by atoms with Gasteiger partial charge in [-0.2, -0.15) is 0 Å². The van der Waals surface area contributed by atoms with Gasteiger partial charge in [0.25, 0.3) is 0 Å². The third-order valence-corrected chi connectivity index (χ3v) is 4.00. The molecule has 0 aromatic heterocycles. The smallest absolute Gasteiger partial charge is 0.242 e. The standard InChI is InChI=1S/C12H19N3O3S/c1-9(2)15-19(17,18)11-7-5-4-6-10(11)14-8-12(16)13-3/h4-7,9,14-15H,8H2,1-3H3,(H,13,16). The van der Waals surface area contributed by atoms with E-state index in [4.69, 9.17) is 0 Å². The first-order chi connectivity index (χ1) is 8.86. The number of para-hydroxylation sites is 1. The zero-order valence-electron chi connectivity index (χ0n) is 11.2. The summed E-state index contributed by atoms with van der Waals surface area (Å²) in [5.74, 6) is -0.219. The highest BCUT2D eigenvalue weighted by Crippen LogP contribution is 2.20. The van der Waals surface area contributed by atoms with E-state index in [1.54, 1.807) is 32.0 Å². The number of amides is 1. The minimum Gasteiger partial charge on any atom is -0.375 e. The second-order valence-electron chi connectivity index (χ2n) is 4.30. The van der Waals surface area contributed by atoms with E-state index in [2.05, 4.69) is 15.4 Å². The summed E-state index contributed by atoms with van der Waals surface area (Å²) in [7, 11) is -2.07. The van der Waals surface area contributed by atoms with E-state index in [-0.39, 0.29) is 23.4 Å². The van der Waals surface area contributed by atoms with Crippen molar-refractivity contribution in [2.75, 3.05) is 18.9 Å². The van der Waals surface area contributed by atoms with Crippen LogP contribution in [0, 0.1) is 0 Å². The van der Waals surface area contributed by atoms with Crippen molar-refractivity contribution >= 4 is 21.6 Å². The molecule has 0 aliphatic rings. The number of sulfonamides is 1. The van der Waals surface area contributed by atoms with Gasteiger partial charge in [0.15, 0.2) is 0 Å². The topological polar surface area (TPSA) is 87.3 Å². The summed E-state index contributed by atoms with van der Waals surface area (Å²) in [4.78, 5) is 11.3. The Morgan fingerprint density at radius 3 is 2.47 bits per heavy atom. The Balaban J connectivity index is 2.99. The van der Waals surface area contributed by atoms with E-state index in [1.807, 2.05) is 0 Å². The molecule has 0 unspecified atom stereocenters. The van der Waals surface area contributed by atoms with Crippen molar-refractivity contribution in [1.29, 1.82) is 0 Å². The molecule has 1 rings (SSSR count). The predicted octanol–water partition coefficient (Wildman–Crippen LogP) is 0.531. The lowest BCUT2D eigenvalue weighted by atomic mass is 10.3. The molecule has 0 saturated heterocycles. The van der Waals surface area contributed by atoms with Gasteiger partial charge in [0.05, 0.1) is 12.2 Å². The highest BCUT2D eigenvalue weighted by atomic mass is 32.2. The number of benzene rings is 1. The number of hydrogen-bond acceptors (Lipinski definition) is 4. The second-order valence-corrected chi connectivity index (χ2v) is 5.98. The van der Waals surface area contributed by atoms with Crippen LogP contribution in [0.15, 0.2) is 29.2 Å². The third kappa shape index (κ3) is 4.53. The van der Waals surface area contributed by atoms with Crippen molar-refractivity contribution in [1.82, 2.24) is 10.0 Å². The zero-order chi connectivity index (χ0) is 14.5. The Kier molecular flexibility index (Phi) is 5.31. The molecule has 0 atom stereocenters. The van der Waals surface area contributed by atoms with Crippen LogP contribution < -0.4 is 15.4 Å². The fourth-order valence-electron chi connectivity index (χ4n) is 1.48. The summed E-state index contributed by atoms with van der Waals surface area (Å²) in [6.07, 6.45) is 0. The van der Waals surface area contributed by atoms with Crippen LogP contribution in [0.5, 0.6) is 0 Å². The van der Waals surface area contributed by atoms with Crippen molar-refractivity contribution in [3.63, 3.8) is 0 Å². The first kappa shape index (κ1) is 15.5. The van der Waals surface area contributed by atoms with Crippen LogP contribution in [-0.2, 0) is 14.8 Å². The predicted molar refractivity (Wildman–Crippen MR) is 74.5 cm³/mol. The van der Waals surface area contributed by atoms with Crippen molar-refractivity contribution in [2.24, 2.45) is 0 Å². The molecule has 0 bridgehead atoms. The number of likely N-dealkylation sites (N-methyl/N-ethyl adjacent to an activating group) is 1. The summed E-state index contributed by atoms with van der Waals surface area (Å²) in [5.41, 5.74) is 0.402. The number of rotatable bonds is 6. The molecule has 7 heteroatoms. The highest BCUT2D eigenvalue weighted by molar-refractivity contribution is 7.89. The van der Waals surface area contributed by atoms with E-state index in [9.17, 15) is 13.2 Å². The number of carbonyl (C=O) groups excluding carboxylic acids is 1. The van der Waals surface area contributed by atoms with E-state index < -0.39 is 10.0 Å². The Labute approximate surface area is 113 Å². The van der Waals surface area contributed by atoms with Crippen molar-refractivity contribution in [3.8, 4) is 0 Å². The van der Waals surface area contributed by atoms with Crippen LogP contribution in [0.1, 0.15) is 13.8 Å². The maximum atomic E-state index is 12.1. The van der Waals surface area contributed by atoms with Gasteiger partial charge in [0.1, 0.15) is 4.90 Å². The lowest BCUT2D eigenvalue weighted by Crippen LogP contribution is -2.31. The number of hydrogen-bond donors (Lipinski definition) is 3. The molecule has 1 amide bonds. The van der Waals surface area contributed by atoms with E-state index in [0.717, 1.165) is 0 Å². The van der Waals surface area contributed by atoms with E-state index in [0.29, 0.717) is 5.69 Å². The van der Waals surface area contributed by atoms with E-state index >= 15 is 0 Å². The van der Waals surface area contributed by atoms with Gasteiger partial charge in [-0.25, -0.2) is 13.1 Å². The number of anilines is 1. The summed E-state index contributed by atoms with van der Waals surface area (Å²) in [5, 5.41) is 5.27. The molecule has 1 aromatic carbocycles. The van der Waals surface area contributed by atoms with Crippen LogP contribution >= 0.6 is 0 Å². The third-order valence-electron chi connectivity index (χ3n) is 2.29. The zero-order valence-corrected chi connectivity index (χ0v) is 12.0. The van der Waals surface area contributed by atoms with Gasteiger partial charge in [-0.15, -0.1) is 0 Å². The molecule has 0 fully saturated rings. The molecule has 3 N–H and O–H groups in total. The molecule has 0 radical (unpaired) electrons. The van der Waals surface area contributed by atoms with E-state index in [1.165, 1.54) is 13.1 Å². The molecule has 106 valence electrons. The monoisotopic (exact) mass is 285 g/mol. The van der Waals surface area contributed by atoms with Gasteiger partial charge in [0.2, 0.25) is 15.9 Å². The molecule has 0 aliphatic heterocycles. The minimum absolute atomic E-state index is 0.0186. The van der Waals surface area contributed by atoms with Gasteiger partial charge < -0.3 is 10.6 Å². The van der Waals surface area contributed by atoms with Crippen LogP contribution in [0.3, 0.4) is 0 Å². The first-order valence-electron chi connectivity index (χ1n) is 5.92. The maximum Gasteiger partial charge on any atom is 0.242 e. The minimum atomic E-state index is -3.59. The summed E-state index contributed by atoms with van der Waals surface area (Å²) in [6, 6.07) is 6.27. The Bertz CT molecular complexity index is 541. The second kappa shape index (κ2) is 6.53. The largest absolute Gasteiger partial charge is 0.375 e. The fraction of sp³-hybridized carbons (Fsp3) is 0.417. The first-order valence-corrected chi connectivity index (χ1v) is 7.41. The molecule has 0 saturated carbocycles. The lowest BCUT2D eigenvalue weighted by Gasteiger charge is -2.14. The summed E-state index contributed by atoms with van der Waals surface area (Å²) >= 11 is 0. The Morgan fingerprint density at radius 2 is 1.89 bits per heavy atom. The van der Waals surface area contributed by atoms with Gasteiger partial charge in [-0.1, -0.05) is 12.1 Å². The summed E-state index contributed by atoms with van der Waals surface area (Å²) in [6.45, 7) is 3.51. The van der Waals surface area contributed by atoms with Gasteiger partial charge >= 0.3 is 0 Å². The van der Waals surface area contributed by atoms with Crippen LogP contribution in [0.2, 0.25) is 0 Å². The quantitative estimate of drug-likeness (QED) is 0.711. The average Bonchev–Trinajstić information content (AvgIpc) is 2.34. The lowest BCUT2D eigenvalue weighted by molar-refractivity contribution is -0.118. The normalized spacial score (nSPS) is 11.4. The Morgan fingerprint density at radius 1 is 1.26 bits per heavy atom. The molecule has 6 nitrogen and oxygen atoms in total. The van der Waals surface area contributed by atoms with Crippen LogP contribution in [0.4, 0.5) is 5.69 Å². The van der Waals surface area contributed by atoms with Crippen molar-refractivity contribution in [2.45, 2.75) is 24.8 Å². The van der Waals surface area contributed by atoms with Crippen molar-refractivity contribution < 1.29 is 13.2 Å². The fourth-order valence-corrected chi connectivity index (χ4v) is 2.92. The van der Waals surface area contributed by atoms with Crippen molar-refractivity contribution in [3.05, 3.63) is 24.3 Å². The molecular formula is C12H19N3O3S. The van der Waals surface area contributed by atoms with Crippen LogP contribution in [-0.4, -0.2) is 34.0 Å².